The zero-order valence-electron chi connectivity index (χ0n) is 12.1. The Hall–Kier alpha value is -1.31. The summed E-state index contributed by atoms with van der Waals surface area (Å²) in [6.45, 7) is 2.27. The van der Waals surface area contributed by atoms with Crippen LogP contribution in [0.5, 0.6) is 0 Å². The minimum absolute atomic E-state index is 1.09. The van der Waals surface area contributed by atoms with Gasteiger partial charge in [0.2, 0.25) is 0 Å². The van der Waals surface area contributed by atoms with E-state index in [2.05, 4.69) is 35.1 Å². The van der Waals surface area contributed by atoms with E-state index in [1.54, 1.807) is 0 Å². The lowest BCUT2D eigenvalue weighted by Crippen LogP contribution is -1.88. The predicted molar refractivity (Wildman–Crippen MR) is 82.4 cm³/mol. The standard InChI is InChI=1S/C17H26N2/c1-2-3-4-5-6-7-8-9-14-17-18-15-12-10-11-13-16(15)19-17/h10-13H,2-9,14H2,1H3,(H,18,19). The summed E-state index contributed by atoms with van der Waals surface area (Å²) in [7, 11) is 0. The zero-order chi connectivity index (χ0) is 13.3. The van der Waals surface area contributed by atoms with Gasteiger partial charge in [0.25, 0.3) is 0 Å². The zero-order valence-corrected chi connectivity index (χ0v) is 12.1. The van der Waals surface area contributed by atoms with Gasteiger partial charge >= 0.3 is 0 Å². The molecule has 1 heterocycles. The van der Waals surface area contributed by atoms with Crippen molar-refractivity contribution in [3.63, 3.8) is 0 Å². The molecule has 0 radical (unpaired) electrons. The molecule has 2 heteroatoms. The van der Waals surface area contributed by atoms with Crippen LogP contribution in [0.4, 0.5) is 0 Å². The molecule has 0 unspecified atom stereocenters. The lowest BCUT2D eigenvalue weighted by atomic mass is 10.1. The summed E-state index contributed by atoms with van der Waals surface area (Å²) < 4.78 is 0. The fourth-order valence-corrected chi connectivity index (χ4v) is 2.55. The molecule has 2 aromatic rings. The van der Waals surface area contributed by atoms with Gasteiger partial charge in [-0.2, -0.15) is 0 Å². The highest BCUT2D eigenvalue weighted by atomic mass is 14.9. The van der Waals surface area contributed by atoms with Crippen LogP contribution in [-0.2, 0) is 6.42 Å². The van der Waals surface area contributed by atoms with E-state index < -0.39 is 0 Å². The van der Waals surface area contributed by atoms with Crippen LogP contribution in [0, 0.1) is 0 Å². The molecule has 0 spiro atoms. The van der Waals surface area contributed by atoms with Crippen LogP contribution in [0.1, 0.15) is 64.1 Å². The molecule has 0 aliphatic carbocycles. The Bertz CT molecular complexity index is 440. The molecule has 104 valence electrons. The molecule has 0 aliphatic heterocycles. The number of nitrogens with zero attached hydrogens (tertiary/aromatic N) is 1. The van der Waals surface area contributed by atoms with Crippen molar-refractivity contribution < 1.29 is 0 Å². The number of fused-ring (bicyclic) bond motifs is 1. The third-order valence-corrected chi connectivity index (χ3v) is 3.71. The number of unbranched alkanes of at least 4 members (excludes halogenated alkanes) is 7. The van der Waals surface area contributed by atoms with E-state index >= 15 is 0 Å². The van der Waals surface area contributed by atoms with Crippen molar-refractivity contribution in [2.45, 2.75) is 64.7 Å². The van der Waals surface area contributed by atoms with Crippen LogP contribution in [-0.4, -0.2) is 9.97 Å². The predicted octanol–water partition coefficient (Wildman–Crippen LogP) is 5.25. The first-order valence-corrected chi connectivity index (χ1v) is 7.84. The summed E-state index contributed by atoms with van der Waals surface area (Å²) in [5, 5.41) is 0. The lowest BCUT2D eigenvalue weighted by molar-refractivity contribution is 0.573. The van der Waals surface area contributed by atoms with Gasteiger partial charge < -0.3 is 4.98 Å². The lowest BCUT2D eigenvalue weighted by Gasteiger charge is -2.00. The van der Waals surface area contributed by atoms with Gasteiger partial charge in [-0.25, -0.2) is 4.98 Å². The number of imidazole rings is 1. The molecule has 0 atom stereocenters. The molecule has 0 aliphatic rings. The summed E-state index contributed by atoms with van der Waals surface area (Å²) in [4.78, 5) is 8.02. The van der Waals surface area contributed by atoms with E-state index in [1.807, 2.05) is 6.07 Å². The minimum Gasteiger partial charge on any atom is -0.342 e. The Morgan fingerprint density at radius 3 is 2.32 bits per heavy atom. The molecule has 0 amide bonds. The number of nitrogens with one attached hydrogen (secondary N) is 1. The Balaban J connectivity index is 1.60. The number of benzene rings is 1. The van der Waals surface area contributed by atoms with Gasteiger partial charge in [-0.1, -0.05) is 64.0 Å². The van der Waals surface area contributed by atoms with Crippen molar-refractivity contribution >= 4 is 11.0 Å². The molecule has 1 aromatic heterocycles. The minimum atomic E-state index is 1.09. The first kappa shape index (κ1) is 14.1. The molecular formula is C17H26N2. The fourth-order valence-electron chi connectivity index (χ4n) is 2.55. The second kappa shape index (κ2) is 7.98. The van der Waals surface area contributed by atoms with Gasteiger partial charge in [-0.05, 0) is 18.6 Å². The smallest absolute Gasteiger partial charge is 0.107 e. The summed E-state index contributed by atoms with van der Waals surface area (Å²) >= 11 is 0. The number of aromatic amines is 1. The molecule has 0 fully saturated rings. The number of hydrogen-bond donors (Lipinski definition) is 1. The molecule has 2 nitrogen and oxygen atoms in total. The van der Waals surface area contributed by atoms with Gasteiger partial charge in [0.1, 0.15) is 5.82 Å². The third kappa shape index (κ3) is 4.70. The second-order valence-electron chi connectivity index (χ2n) is 5.43. The van der Waals surface area contributed by atoms with Crippen molar-refractivity contribution in [2.75, 3.05) is 0 Å². The Kier molecular flexibility index (Phi) is 5.93. The summed E-state index contributed by atoms with van der Waals surface area (Å²) in [6.07, 6.45) is 12.0. The van der Waals surface area contributed by atoms with Crippen LogP contribution in [0.2, 0.25) is 0 Å². The summed E-state index contributed by atoms with van der Waals surface area (Å²) in [6, 6.07) is 8.27. The molecule has 0 saturated heterocycles. The molecular weight excluding hydrogens is 232 g/mol. The van der Waals surface area contributed by atoms with Crippen molar-refractivity contribution in [1.82, 2.24) is 9.97 Å². The normalized spacial score (nSPS) is 11.2. The van der Waals surface area contributed by atoms with Crippen LogP contribution in [0.25, 0.3) is 11.0 Å². The van der Waals surface area contributed by atoms with Gasteiger partial charge in [0.15, 0.2) is 0 Å². The van der Waals surface area contributed by atoms with Crippen molar-refractivity contribution in [3.05, 3.63) is 30.1 Å². The van der Waals surface area contributed by atoms with Gasteiger partial charge in [0, 0.05) is 6.42 Å². The maximum absolute atomic E-state index is 4.62. The van der Waals surface area contributed by atoms with Gasteiger partial charge in [0.05, 0.1) is 11.0 Å². The largest absolute Gasteiger partial charge is 0.342 e. The fraction of sp³-hybridized carbons (Fsp3) is 0.588. The Morgan fingerprint density at radius 2 is 1.58 bits per heavy atom. The third-order valence-electron chi connectivity index (χ3n) is 3.71. The quantitative estimate of drug-likeness (QED) is 0.612. The molecule has 2 rings (SSSR count). The second-order valence-corrected chi connectivity index (χ2v) is 5.43. The van der Waals surface area contributed by atoms with Crippen molar-refractivity contribution in [2.24, 2.45) is 0 Å². The Labute approximate surface area is 116 Å². The molecule has 19 heavy (non-hydrogen) atoms. The van der Waals surface area contributed by atoms with Crippen LogP contribution < -0.4 is 0 Å². The number of H-pyrrole nitrogens is 1. The highest BCUT2D eigenvalue weighted by molar-refractivity contribution is 5.74. The molecule has 0 bridgehead atoms. The van der Waals surface area contributed by atoms with E-state index in [1.165, 1.54) is 51.4 Å². The number of para-hydroxylation sites is 2. The SMILES string of the molecule is CCCCCCCCCCc1nc2ccccc2[nH]1. The van der Waals surface area contributed by atoms with Gasteiger partial charge in [-0.3, -0.25) is 0 Å². The maximum atomic E-state index is 4.62. The highest BCUT2D eigenvalue weighted by Gasteiger charge is 2.01. The Morgan fingerprint density at radius 1 is 0.895 bits per heavy atom. The maximum Gasteiger partial charge on any atom is 0.107 e. The van der Waals surface area contributed by atoms with Gasteiger partial charge in [-0.15, -0.1) is 0 Å². The number of aromatic nitrogens is 2. The number of aryl methyl sites for hydroxylation is 1. The van der Waals surface area contributed by atoms with Crippen LogP contribution in [0.15, 0.2) is 24.3 Å². The summed E-state index contributed by atoms with van der Waals surface area (Å²) in [5.74, 6) is 1.15. The highest BCUT2D eigenvalue weighted by Crippen LogP contribution is 2.13. The van der Waals surface area contributed by atoms with E-state index in [0.717, 1.165) is 23.3 Å². The van der Waals surface area contributed by atoms with E-state index in [0.29, 0.717) is 0 Å². The topological polar surface area (TPSA) is 28.7 Å². The van der Waals surface area contributed by atoms with E-state index in [-0.39, 0.29) is 0 Å². The average Bonchev–Trinajstić information content (AvgIpc) is 2.84. The number of hydrogen-bond acceptors (Lipinski definition) is 1. The monoisotopic (exact) mass is 258 g/mol. The van der Waals surface area contributed by atoms with E-state index in [9.17, 15) is 0 Å². The summed E-state index contributed by atoms with van der Waals surface area (Å²) in [5.41, 5.74) is 2.26. The number of rotatable bonds is 9. The van der Waals surface area contributed by atoms with Crippen molar-refractivity contribution in [1.29, 1.82) is 0 Å². The molecule has 0 saturated carbocycles. The van der Waals surface area contributed by atoms with Crippen molar-refractivity contribution in [3.8, 4) is 0 Å². The van der Waals surface area contributed by atoms with E-state index in [4.69, 9.17) is 0 Å². The first-order valence-electron chi connectivity index (χ1n) is 7.84. The van der Waals surface area contributed by atoms with Crippen LogP contribution >= 0.6 is 0 Å². The first-order chi connectivity index (χ1) is 9.40. The van der Waals surface area contributed by atoms with Crippen LogP contribution in [0.3, 0.4) is 0 Å². The molecule has 1 N–H and O–H groups in total. The molecule has 1 aromatic carbocycles. The average molecular weight is 258 g/mol.